The Morgan fingerprint density at radius 1 is 1.39 bits per heavy atom. The van der Waals surface area contributed by atoms with Gasteiger partial charge in [0, 0.05) is 26.8 Å². The van der Waals surface area contributed by atoms with E-state index in [1.54, 1.807) is 25.0 Å². The lowest BCUT2D eigenvalue weighted by Crippen LogP contribution is -2.52. The maximum Gasteiger partial charge on any atom is 0.258 e. The summed E-state index contributed by atoms with van der Waals surface area (Å²) in [5.74, 6) is 1.13. The molecule has 1 aliphatic rings. The van der Waals surface area contributed by atoms with Crippen LogP contribution in [0.1, 0.15) is 47.6 Å². The number of rotatable bonds is 6. The van der Waals surface area contributed by atoms with Crippen LogP contribution in [-0.2, 0) is 9.53 Å². The lowest BCUT2D eigenvalue weighted by Gasteiger charge is -2.34. The maximum atomic E-state index is 12.8. The van der Waals surface area contributed by atoms with Gasteiger partial charge in [0.1, 0.15) is 17.6 Å². The van der Waals surface area contributed by atoms with E-state index in [-0.39, 0.29) is 11.8 Å². The summed E-state index contributed by atoms with van der Waals surface area (Å²) in [6.07, 6.45) is 3.36. The van der Waals surface area contributed by atoms with Crippen molar-refractivity contribution in [2.24, 2.45) is 0 Å². The van der Waals surface area contributed by atoms with E-state index < -0.39 is 6.04 Å². The molecule has 2 amide bonds. The topological polar surface area (TPSA) is 71.8 Å². The number of carbonyl (C=O) groups excluding carboxylic acids is 2. The van der Waals surface area contributed by atoms with Crippen molar-refractivity contribution in [2.75, 3.05) is 26.8 Å². The lowest BCUT2D eigenvalue weighted by atomic mass is 10.00. The van der Waals surface area contributed by atoms with Crippen LogP contribution in [0.4, 0.5) is 0 Å². The zero-order chi connectivity index (χ0) is 16.8. The highest BCUT2D eigenvalue weighted by Gasteiger charge is 2.33. The van der Waals surface area contributed by atoms with Crippen LogP contribution in [0.15, 0.2) is 10.5 Å². The summed E-state index contributed by atoms with van der Waals surface area (Å²) < 4.78 is 10.4. The van der Waals surface area contributed by atoms with Gasteiger partial charge in [-0.1, -0.05) is 0 Å². The van der Waals surface area contributed by atoms with Crippen LogP contribution in [-0.4, -0.2) is 49.6 Å². The minimum absolute atomic E-state index is 0.0768. The van der Waals surface area contributed by atoms with Crippen LogP contribution < -0.4 is 5.32 Å². The van der Waals surface area contributed by atoms with Crippen molar-refractivity contribution in [2.45, 2.75) is 45.6 Å². The molecular formula is C17H26N2O4. The molecule has 1 atom stereocenters. The Hall–Kier alpha value is -1.82. The predicted octanol–water partition coefficient (Wildman–Crippen LogP) is 2.04. The van der Waals surface area contributed by atoms with Crippen LogP contribution in [0.2, 0.25) is 0 Å². The zero-order valence-electron chi connectivity index (χ0n) is 14.2. The van der Waals surface area contributed by atoms with Gasteiger partial charge < -0.3 is 19.4 Å². The van der Waals surface area contributed by atoms with Gasteiger partial charge in [-0.15, -0.1) is 0 Å². The van der Waals surface area contributed by atoms with Gasteiger partial charge in [0.2, 0.25) is 5.91 Å². The van der Waals surface area contributed by atoms with Crippen molar-refractivity contribution in [3.05, 3.63) is 23.2 Å². The smallest absolute Gasteiger partial charge is 0.258 e. The SMILES string of the molecule is COCCCNC(=O)C1CCCCN1C(=O)c1cc(C)oc1C. The first-order valence-corrected chi connectivity index (χ1v) is 8.19. The zero-order valence-corrected chi connectivity index (χ0v) is 14.2. The second-order valence-corrected chi connectivity index (χ2v) is 5.97. The summed E-state index contributed by atoms with van der Waals surface area (Å²) in [7, 11) is 1.64. The fourth-order valence-corrected chi connectivity index (χ4v) is 2.99. The lowest BCUT2D eigenvalue weighted by molar-refractivity contribution is -0.126. The number of piperidine rings is 1. The number of nitrogens with zero attached hydrogens (tertiary/aromatic N) is 1. The molecule has 23 heavy (non-hydrogen) atoms. The summed E-state index contributed by atoms with van der Waals surface area (Å²) in [6.45, 7) is 5.39. The predicted molar refractivity (Wildman–Crippen MR) is 86.4 cm³/mol. The van der Waals surface area contributed by atoms with Gasteiger partial charge in [-0.3, -0.25) is 9.59 Å². The van der Waals surface area contributed by atoms with Crippen molar-refractivity contribution < 1.29 is 18.7 Å². The summed E-state index contributed by atoms with van der Waals surface area (Å²) in [4.78, 5) is 26.9. The highest BCUT2D eigenvalue weighted by atomic mass is 16.5. The molecule has 6 nitrogen and oxygen atoms in total. The molecule has 1 aliphatic heterocycles. The van der Waals surface area contributed by atoms with Gasteiger partial charge in [0.15, 0.2) is 0 Å². The van der Waals surface area contributed by atoms with Gasteiger partial charge >= 0.3 is 0 Å². The van der Waals surface area contributed by atoms with Gasteiger partial charge in [-0.2, -0.15) is 0 Å². The van der Waals surface area contributed by atoms with E-state index in [2.05, 4.69) is 5.32 Å². The fourth-order valence-electron chi connectivity index (χ4n) is 2.99. The molecule has 0 saturated carbocycles. The number of methoxy groups -OCH3 is 1. The standard InChI is InChI=1S/C17H26N2O4/c1-12-11-14(13(2)23-12)17(21)19-9-5-4-7-15(19)16(20)18-8-6-10-22-3/h11,15H,4-10H2,1-3H3,(H,18,20). The summed E-state index contributed by atoms with van der Waals surface area (Å²) in [6, 6.07) is 1.35. The number of aryl methyl sites for hydroxylation is 2. The molecule has 0 aromatic carbocycles. The number of nitrogens with one attached hydrogen (secondary N) is 1. The van der Waals surface area contributed by atoms with Crippen LogP contribution in [0, 0.1) is 13.8 Å². The molecule has 6 heteroatoms. The average molecular weight is 322 g/mol. The number of carbonyl (C=O) groups is 2. The molecule has 2 heterocycles. The Balaban J connectivity index is 2.04. The largest absolute Gasteiger partial charge is 0.466 e. The first-order chi connectivity index (χ1) is 11.0. The normalized spacial score (nSPS) is 18.0. The molecule has 128 valence electrons. The Labute approximate surface area is 137 Å². The number of ether oxygens (including phenoxy) is 1. The molecule has 0 radical (unpaired) electrons. The molecule has 0 aliphatic carbocycles. The van der Waals surface area contributed by atoms with Gasteiger partial charge in [-0.05, 0) is 45.6 Å². The first-order valence-electron chi connectivity index (χ1n) is 8.19. The summed E-state index contributed by atoms with van der Waals surface area (Å²) in [5, 5.41) is 2.91. The van der Waals surface area contributed by atoms with Crippen molar-refractivity contribution >= 4 is 11.8 Å². The van der Waals surface area contributed by atoms with E-state index >= 15 is 0 Å². The van der Waals surface area contributed by atoms with E-state index in [0.717, 1.165) is 19.3 Å². The number of likely N-dealkylation sites (tertiary alicyclic amines) is 1. The third kappa shape index (κ3) is 4.34. The van der Waals surface area contributed by atoms with Gasteiger partial charge in [0.05, 0.1) is 5.56 Å². The number of amides is 2. The quantitative estimate of drug-likeness (QED) is 0.814. The van der Waals surface area contributed by atoms with E-state index in [0.29, 0.717) is 43.2 Å². The number of hydrogen-bond acceptors (Lipinski definition) is 4. The summed E-state index contributed by atoms with van der Waals surface area (Å²) >= 11 is 0. The fraction of sp³-hybridized carbons (Fsp3) is 0.647. The Bertz CT molecular complexity index is 553. The van der Waals surface area contributed by atoms with Crippen molar-refractivity contribution in [3.8, 4) is 0 Å². The third-order valence-corrected chi connectivity index (χ3v) is 4.16. The highest BCUT2D eigenvalue weighted by molar-refractivity contribution is 5.98. The Morgan fingerprint density at radius 3 is 2.83 bits per heavy atom. The number of furan rings is 1. The van der Waals surface area contributed by atoms with Crippen molar-refractivity contribution in [3.63, 3.8) is 0 Å². The molecule has 0 spiro atoms. The average Bonchev–Trinajstić information content (AvgIpc) is 2.89. The van der Waals surface area contributed by atoms with E-state index in [1.807, 2.05) is 6.92 Å². The monoisotopic (exact) mass is 322 g/mol. The van der Waals surface area contributed by atoms with E-state index in [9.17, 15) is 9.59 Å². The molecule has 1 fully saturated rings. The van der Waals surface area contributed by atoms with Gasteiger partial charge in [0.25, 0.3) is 5.91 Å². The second kappa shape index (κ2) is 8.15. The molecule has 1 aromatic heterocycles. The Kier molecular flexibility index (Phi) is 6.21. The molecule has 1 aromatic rings. The summed E-state index contributed by atoms with van der Waals surface area (Å²) in [5.41, 5.74) is 0.557. The minimum atomic E-state index is -0.395. The third-order valence-electron chi connectivity index (χ3n) is 4.16. The number of hydrogen-bond donors (Lipinski definition) is 1. The first kappa shape index (κ1) is 17.5. The molecule has 1 unspecified atom stereocenters. The van der Waals surface area contributed by atoms with E-state index in [1.165, 1.54) is 0 Å². The van der Waals surface area contributed by atoms with Crippen LogP contribution in [0.25, 0.3) is 0 Å². The minimum Gasteiger partial charge on any atom is -0.466 e. The van der Waals surface area contributed by atoms with Crippen molar-refractivity contribution in [1.82, 2.24) is 10.2 Å². The van der Waals surface area contributed by atoms with Gasteiger partial charge in [-0.25, -0.2) is 0 Å². The molecule has 2 rings (SSSR count). The molecule has 1 N–H and O–H groups in total. The molecule has 1 saturated heterocycles. The van der Waals surface area contributed by atoms with Crippen molar-refractivity contribution in [1.29, 1.82) is 0 Å². The Morgan fingerprint density at radius 2 is 2.17 bits per heavy atom. The van der Waals surface area contributed by atoms with Crippen LogP contribution >= 0.6 is 0 Å². The van der Waals surface area contributed by atoms with Crippen LogP contribution in [0.5, 0.6) is 0 Å². The molecular weight excluding hydrogens is 296 g/mol. The molecule has 0 bridgehead atoms. The maximum absolute atomic E-state index is 12.8. The van der Waals surface area contributed by atoms with E-state index in [4.69, 9.17) is 9.15 Å². The van der Waals surface area contributed by atoms with Crippen LogP contribution in [0.3, 0.4) is 0 Å². The highest BCUT2D eigenvalue weighted by Crippen LogP contribution is 2.23. The second-order valence-electron chi connectivity index (χ2n) is 5.97.